The third-order valence-corrected chi connectivity index (χ3v) is 5.65. The second-order valence-electron chi connectivity index (χ2n) is 7.68. The fourth-order valence-electron chi connectivity index (χ4n) is 4.00. The van der Waals surface area contributed by atoms with Crippen molar-refractivity contribution in [2.45, 2.75) is 58.8 Å². The van der Waals surface area contributed by atoms with Gasteiger partial charge in [-0.15, -0.1) is 0 Å². The highest BCUT2D eigenvalue weighted by molar-refractivity contribution is 5.79. The molecule has 2 rings (SSSR count). The summed E-state index contributed by atoms with van der Waals surface area (Å²) in [7, 11) is 0. The van der Waals surface area contributed by atoms with E-state index in [2.05, 4.69) is 22.5 Å². The zero-order chi connectivity index (χ0) is 18.6. The molecule has 0 aromatic rings. The first-order valence-corrected chi connectivity index (χ1v) is 10.7. The van der Waals surface area contributed by atoms with Gasteiger partial charge in [-0.25, -0.2) is 0 Å². The Morgan fingerprint density at radius 2 is 1.81 bits per heavy atom. The van der Waals surface area contributed by atoms with Crippen molar-refractivity contribution in [3.05, 3.63) is 0 Å². The number of rotatable bonds is 9. The Labute approximate surface area is 159 Å². The first-order chi connectivity index (χ1) is 12.7. The van der Waals surface area contributed by atoms with Crippen LogP contribution in [0.1, 0.15) is 58.8 Å². The smallest absolute Gasteiger partial charge is 0.219 e. The molecule has 0 atom stereocenters. The number of piperazine rings is 1. The summed E-state index contributed by atoms with van der Waals surface area (Å²) in [6, 6.07) is 0. The summed E-state index contributed by atoms with van der Waals surface area (Å²) in [4.78, 5) is 20.4. The molecule has 6 heteroatoms. The van der Waals surface area contributed by atoms with Crippen molar-refractivity contribution in [1.82, 2.24) is 20.4 Å². The van der Waals surface area contributed by atoms with Crippen LogP contribution in [-0.2, 0) is 4.79 Å². The minimum atomic E-state index is 0.192. The van der Waals surface area contributed by atoms with Crippen LogP contribution in [0, 0.1) is 5.92 Å². The number of carbonyl (C=O) groups is 1. The number of nitrogens with one attached hydrogen (secondary N) is 2. The van der Waals surface area contributed by atoms with Crippen LogP contribution in [0.4, 0.5) is 0 Å². The van der Waals surface area contributed by atoms with E-state index in [1.807, 2.05) is 4.90 Å². The monoisotopic (exact) mass is 365 g/mol. The first-order valence-electron chi connectivity index (χ1n) is 10.7. The summed E-state index contributed by atoms with van der Waals surface area (Å²) in [5, 5.41) is 6.79. The number of carbonyl (C=O) groups excluding carboxylic acids is 1. The number of hydrogen-bond acceptors (Lipinski definition) is 3. The molecule has 1 aliphatic heterocycles. The standard InChI is InChI=1S/C20H39N5O/c1-3-21-20(22-11-7-6-10-19-8-4-5-9-19)23-12-13-24-14-16-25(17-15-24)18(2)26/h19H,3-17H2,1-2H3,(H2,21,22,23). The molecule has 150 valence electrons. The van der Waals surface area contributed by atoms with Gasteiger partial charge in [0.2, 0.25) is 5.91 Å². The van der Waals surface area contributed by atoms with Crippen LogP contribution >= 0.6 is 0 Å². The molecule has 0 unspecified atom stereocenters. The molecule has 1 amide bonds. The topological polar surface area (TPSA) is 60.0 Å². The molecule has 26 heavy (non-hydrogen) atoms. The van der Waals surface area contributed by atoms with Crippen LogP contribution in [0.15, 0.2) is 4.99 Å². The summed E-state index contributed by atoms with van der Waals surface area (Å²) < 4.78 is 0. The van der Waals surface area contributed by atoms with Gasteiger partial charge in [0.25, 0.3) is 0 Å². The van der Waals surface area contributed by atoms with Crippen LogP contribution in [-0.4, -0.2) is 74.0 Å². The average molecular weight is 366 g/mol. The van der Waals surface area contributed by atoms with E-state index in [-0.39, 0.29) is 5.91 Å². The Kier molecular flexibility index (Phi) is 9.82. The van der Waals surface area contributed by atoms with Gasteiger partial charge in [0.1, 0.15) is 0 Å². The van der Waals surface area contributed by atoms with Crippen molar-refractivity contribution in [2.24, 2.45) is 10.9 Å². The highest BCUT2D eigenvalue weighted by Crippen LogP contribution is 2.28. The fraction of sp³-hybridized carbons (Fsp3) is 0.900. The van der Waals surface area contributed by atoms with E-state index in [1.165, 1.54) is 44.9 Å². The van der Waals surface area contributed by atoms with Crippen LogP contribution in [0.25, 0.3) is 0 Å². The lowest BCUT2D eigenvalue weighted by molar-refractivity contribution is -0.130. The minimum Gasteiger partial charge on any atom is -0.357 e. The Morgan fingerprint density at radius 3 is 2.46 bits per heavy atom. The largest absolute Gasteiger partial charge is 0.357 e. The Balaban J connectivity index is 1.57. The highest BCUT2D eigenvalue weighted by atomic mass is 16.2. The van der Waals surface area contributed by atoms with Gasteiger partial charge < -0.3 is 15.5 Å². The van der Waals surface area contributed by atoms with Gasteiger partial charge in [-0.1, -0.05) is 38.5 Å². The van der Waals surface area contributed by atoms with E-state index in [0.29, 0.717) is 0 Å². The lowest BCUT2D eigenvalue weighted by atomic mass is 10.0. The van der Waals surface area contributed by atoms with Gasteiger partial charge in [0, 0.05) is 59.3 Å². The molecule has 1 saturated carbocycles. The molecule has 1 aliphatic carbocycles. The number of unbranched alkanes of at least 4 members (excludes halogenated alkanes) is 1. The van der Waals surface area contributed by atoms with Gasteiger partial charge in [0.15, 0.2) is 5.96 Å². The van der Waals surface area contributed by atoms with E-state index >= 15 is 0 Å². The Morgan fingerprint density at radius 1 is 1.08 bits per heavy atom. The van der Waals surface area contributed by atoms with E-state index in [9.17, 15) is 4.79 Å². The fourth-order valence-corrected chi connectivity index (χ4v) is 4.00. The molecule has 1 heterocycles. The molecule has 0 spiro atoms. The molecule has 0 aromatic heterocycles. The first kappa shape index (κ1) is 21.0. The number of amides is 1. The number of nitrogens with zero attached hydrogens (tertiary/aromatic N) is 3. The van der Waals surface area contributed by atoms with Crippen LogP contribution in [0.3, 0.4) is 0 Å². The molecule has 0 bridgehead atoms. The maximum Gasteiger partial charge on any atom is 0.219 e. The summed E-state index contributed by atoms with van der Waals surface area (Å²) in [5.74, 6) is 2.13. The molecule has 0 radical (unpaired) electrons. The summed E-state index contributed by atoms with van der Waals surface area (Å²) in [6.45, 7) is 11.1. The van der Waals surface area contributed by atoms with Crippen molar-refractivity contribution in [3.63, 3.8) is 0 Å². The molecule has 6 nitrogen and oxygen atoms in total. The zero-order valence-electron chi connectivity index (χ0n) is 16.9. The van der Waals surface area contributed by atoms with Crippen molar-refractivity contribution in [1.29, 1.82) is 0 Å². The van der Waals surface area contributed by atoms with Gasteiger partial charge >= 0.3 is 0 Å². The van der Waals surface area contributed by atoms with Gasteiger partial charge in [-0.3, -0.25) is 14.7 Å². The third kappa shape index (κ3) is 7.94. The average Bonchev–Trinajstić information content (AvgIpc) is 3.15. The normalized spacial score (nSPS) is 19.8. The lowest BCUT2D eigenvalue weighted by Gasteiger charge is -2.34. The highest BCUT2D eigenvalue weighted by Gasteiger charge is 2.18. The van der Waals surface area contributed by atoms with Crippen molar-refractivity contribution in [3.8, 4) is 0 Å². The molecule has 0 aromatic carbocycles. The number of hydrogen-bond donors (Lipinski definition) is 2. The molecule has 2 aliphatic rings. The maximum atomic E-state index is 11.4. The minimum absolute atomic E-state index is 0.192. The second-order valence-corrected chi connectivity index (χ2v) is 7.68. The van der Waals surface area contributed by atoms with E-state index < -0.39 is 0 Å². The van der Waals surface area contributed by atoms with Crippen LogP contribution in [0.5, 0.6) is 0 Å². The summed E-state index contributed by atoms with van der Waals surface area (Å²) >= 11 is 0. The van der Waals surface area contributed by atoms with E-state index in [0.717, 1.165) is 64.2 Å². The summed E-state index contributed by atoms with van der Waals surface area (Å²) in [6.07, 6.45) is 9.70. The third-order valence-electron chi connectivity index (χ3n) is 5.65. The summed E-state index contributed by atoms with van der Waals surface area (Å²) in [5.41, 5.74) is 0. The second kappa shape index (κ2) is 12.2. The molecular weight excluding hydrogens is 326 g/mol. The van der Waals surface area contributed by atoms with Crippen LogP contribution in [0.2, 0.25) is 0 Å². The van der Waals surface area contributed by atoms with E-state index in [1.54, 1.807) is 6.92 Å². The Hall–Kier alpha value is -1.30. The quantitative estimate of drug-likeness (QED) is 0.373. The number of aliphatic imine (C=N–C) groups is 1. The van der Waals surface area contributed by atoms with Crippen molar-refractivity contribution < 1.29 is 4.79 Å². The van der Waals surface area contributed by atoms with Crippen LogP contribution < -0.4 is 10.6 Å². The van der Waals surface area contributed by atoms with Gasteiger partial charge in [-0.2, -0.15) is 0 Å². The molecule has 2 N–H and O–H groups in total. The SMILES string of the molecule is CCNC(=NCCCCC1CCCC1)NCCN1CCN(C(C)=O)CC1. The van der Waals surface area contributed by atoms with Gasteiger partial charge in [-0.05, 0) is 19.3 Å². The molecule has 2 fully saturated rings. The Bertz CT molecular complexity index is 426. The number of guanidine groups is 1. The predicted octanol–water partition coefficient (Wildman–Crippen LogP) is 2.07. The molecule has 1 saturated heterocycles. The molecular formula is C20H39N5O. The predicted molar refractivity (Wildman–Crippen MR) is 108 cm³/mol. The zero-order valence-corrected chi connectivity index (χ0v) is 16.9. The van der Waals surface area contributed by atoms with E-state index in [4.69, 9.17) is 4.99 Å². The van der Waals surface area contributed by atoms with Gasteiger partial charge in [0.05, 0.1) is 0 Å². The maximum absolute atomic E-state index is 11.4. The van der Waals surface area contributed by atoms with Crippen molar-refractivity contribution in [2.75, 3.05) is 52.4 Å². The lowest BCUT2D eigenvalue weighted by Crippen LogP contribution is -2.50. The van der Waals surface area contributed by atoms with Crippen molar-refractivity contribution >= 4 is 11.9 Å².